The van der Waals surface area contributed by atoms with E-state index in [0.717, 1.165) is 0 Å². The van der Waals surface area contributed by atoms with Crippen molar-refractivity contribution in [3.05, 3.63) is 11.7 Å². The first kappa shape index (κ1) is 15.6. The predicted octanol–water partition coefficient (Wildman–Crippen LogP) is 3.24. The van der Waals surface area contributed by atoms with E-state index in [1.165, 1.54) is 0 Å². The Labute approximate surface area is 98.0 Å². The highest BCUT2D eigenvalue weighted by atomic mass is 19.3. The number of carboxylic acid groups (broad SMARTS) is 1. The normalized spacial score (nSPS) is 31.0. The van der Waals surface area contributed by atoms with Crippen molar-refractivity contribution in [1.82, 2.24) is 0 Å². The zero-order valence-electron chi connectivity index (χ0n) is 8.46. The second-order valence-electron chi connectivity index (χ2n) is 3.77. The standard InChI is InChI=1S/C8H3F9O2/c9-3(10)2(4(18)19)5(11)1-6(12,13)8(16,17)7(5,14)15/h1H2,(H,18,19). The molecule has 0 aromatic heterocycles. The Hall–Kier alpha value is -1.42. The van der Waals surface area contributed by atoms with Crippen LogP contribution in [0.3, 0.4) is 0 Å². The Bertz CT molecular complexity index is 451. The number of rotatable bonds is 2. The van der Waals surface area contributed by atoms with E-state index in [-0.39, 0.29) is 0 Å². The molecule has 0 aromatic carbocycles. The SMILES string of the molecule is O=C(O)C(=C(F)F)C1(F)CC(F)(F)C(F)(F)C1(F)F. The maximum atomic E-state index is 13.6. The summed E-state index contributed by atoms with van der Waals surface area (Å²) in [6, 6.07) is 0. The van der Waals surface area contributed by atoms with Gasteiger partial charge in [0, 0.05) is 0 Å². The van der Waals surface area contributed by atoms with Crippen molar-refractivity contribution in [1.29, 1.82) is 0 Å². The lowest BCUT2D eigenvalue weighted by Gasteiger charge is -2.28. The van der Waals surface area contributed by atoms with Crippen molar-refractivity contribution in [2.75, 3.05) is 0 Å². The van der Waals surface area contributed by atoms with Gasteiger partial charge in [0.1, 0.15) is 5.57 Å². The maximum Gasteiger partial charge on any atom is 0.375 e. The average Bonchev–Trinajstić information content (AvgIpc) is 2.21. The van der Waals surface area contributed by atoms with Crippen molar-refractivity contribution >= 4 is 5.97 Å². The summed E-state index contributed by atoms with van der Waals surface area (Å²) in [4.78, 5) is 10.2. The number of alkyl halides is 7. The molecule has 1 rings (SSSR count). The Balaban J connectivity index is 3.60. The van der Waals surface area contributed by atoms with Crippen LogP contribution in [0.1, 0.15) is 6.42 Å². The van der Waals surface area contributed by atoms with Gasteiger partial charge in [-0.2, -0.15) is 35.1 Å². The highest BCUT2D eigenvalue weighted by molar-refractivity contribution is 5.90. The van der Waals surface area contributed by atoms with Crippen molar-refractivity contribution < 1.29 is 49.4 Å². The third-order valence-electron chi connectivity index (χ3n) is 2.62. The number of halogens is 9. The quantitative estimate of drug-likeness (QED) is 0.628. The molecule has 0 saturated heterocycles. The molecule has 0 radical (unpaired) electrons. The monoisotopic (exact) mass is 302 g/mol. The van der Waals surface area contributed by atoms with Crippen LogP contribution in [0.5, 0.6) is 0 Å². The fourth-order valence-corrected chi connectivity index (χ4v) is 1.65. The molecule has 1 aliphatic carbocycles. The molecule has 11 heteroatoms. The van der Waals surface area contributed by atoms with Crippen LogP contribution in [0.15, 0.2) is 11.7 Å². The van der Waals surface area contributed by atoms with E-state index in [4.69, 9.17) is 5.11 Å². The molecule has 0 spiro atoms. The van der Waals surface area contributed by atoms with E-state index < -0.39 is 47.5 Å². The third-order valence-corrected chi connectivity index (χ3v) is 2.62. The van der Waals surface area contributed by atoms with Crippen LogP contribution in [-0.4, -0.2) is 34.5 Å². The summed E-state index contributed by atoms with van der Waals surface area (Å²) in [5, 5.41) is 8.14. The second-order valence-corrected chi connectivity index (χ2v) is 3.77. The van der Waals surface area contributed by atoms with Crippen LogP contribution in [-0.2, 0) is 4.79 Å². The molecule has 0 bridgehead atoms. The summed E-state index contributed by atoms with van der Waals surface area (Å²) in [6.07, 6.45) is -6.66. The van der Waals surface area contributed by atoms with Gasteiger partial charge in [-0.15, -0.1) is 0 Å². The van der Waals surface area contributed by atoms with E-state index in [2.05, 4.69) is 0 Å². The summed E-state index contributed by atoms with van der Waals surface area (Å²) in [6.45, 7) is 0. The minimum Gasteiger partial charge on any atom is -0.478 e. The fraction of sp³-hybridized carbons (Fsp3) is 0.625. The predicted molar refractivity (Wildman–Crippen MR) is 40.2 cm³/mol. The largest absolute Gasteiger partial charge is 0.478 e. The van der Waals surface area contributed by atoms with Crippen molar-refractivity contribution in [3.63, 3.8) is 0 Å². The van der Waals surface area contributed by atoms with Gasteiger partial charge < -0.3 is 5.11 Å². The van der Waals surface area contributed by atoms with Gasteiger partial charge in [0.25, 0.3) is 6.08 Å². The van der Waals surface area contributed by atoms with Crippen LogP contribution in [0, 0.1) is 0 Å². The van der Waals surface area contributed by atoms with Gasteiger partial charge in [-0.05, 0) is 0 Å². The van der Waals surface area contributed by atoms with Crippen molar-refractivity contribution in [2.24, 2.45) is 0 Å². The Kier molecular flexibility index (Phi) is 3.12. The smallest absolute Gasteiger partial charge is 0.375 e. The highest BCUT2D eigenvalue weighted by Crippen LogP contribution is 2.64. The minimum atomic E-state index is -6.30. The summed E-state index contributed by atoms with van der Waals surface area (Å²) >= 11 is 0. The van der Waals surface area contributed by atoms with E-state index in [0.29, 0.717) is 0 Å². The maximum absolute atomic E-state index is 13.6. The summed E-state index contributed by atoms with van der Waals surface area (Å²) in [5.41, 5.74) is -8.49. The molecule has 1 N–H and O–H groups in total. The second kappa shape index (κ2) is 3.79. The topological polar surface area (TPSA) is 37.3 Å². The van der Waals surface area contributed by atoms with Crippen LogP contribution in [0.25, 0.3) is 0 Å². The Morgan fingerprint density at radius 3 is 1.53 bits per heavy atom. The van der Waals surface area contributed by atoms with Crippen molar-refractivity contribution in [2.45, 2.75) is 29.9 Å². The van der Waals surface area contributed by atoms with Gasteiger partial charge in [0.05, 0.1) is 6.42 Å². The molecule has 1 unspecified atom stereocenters. The summed E-state index contributed by atoms with van der Waals surface area (Å²) in [5.74, 6) is -21.3. The van der Waals surface area contributed by atoms with Gasteiger partial charge in [-0.3, -0.25) is 0 Å². The average molecular weight is 302 g/mol. The van der Waals surface area contributed by atoms with Crippen LogP contribution in [0.2, 0.25) is 0 Å². The summed E-state index contributed by atoms with van der Waals surface area (Å²) < 4.78 is 115. The molecule has 0 heterocycles. The van der Waals surface area contributed by atoms with Crippen molar-refractivity contribution in [3.8, 4) is 0 Å². The molecule has 19 heavy (non-hydrogen) atoms. The Morgan fingerprint density at radius 1 is 0.895 bits per heavy atom. The van der Waals surface area contributed by atoms with Crippen LogP contribution in [0.4, 0.5) is 39.5 Å². The number of hydrogen-bond acceptors (Lipinski definition) is 1. The van der Waals surface area contributed by atoms with E-state index in [9.17, 15) is 44.3 Å². The molecule has 1 fully saturated rings. The minimum absolute atomic E-state index is 3.03. The molecule has 1 atom stereocenters. The first-order chi connectivity index (χ1) is 8.22. The molecular formula is C8H3F9O2. The van der Waals surface area contributed by atoms with Crippen LogP contribution >= 0.6 is 0 Å². The molecule has 2 nitrogen and oxygen atoms in total. The molecule has 0 aromatic rings. The lowest BCUT2D eigenvalue weighted by atomic mass is 9.91. The first-order valence-electron chi connectivity index (χ1n) is 4.34. The van der Waals surface area contributed by atoms with E-state index in [1.807, 2.05) is 0 Å². The van der Waals surface area contributed by atoms with Crippen LogP contribution < -0.4 is 0 Å². The first-order valence-corrected chi connectivity index (χ1v) is 4.34. The fourth-order valence-electron chi connectivity index (χ4n) is 1.65. The zero-order chi connectivity index (χ0) is 15.4. The van der Waals surface area contributed by atoms with Gasteiger partial charge in [0.15, 0.2) is 0 Å². The molecule has 0 amide bonds. The molecule has 0 aliphatic heterocycles. The lowest BCUT2D eigenvalue weighted by Crippen LogP contribution is -2.54. The third kappa shape index (κ3) is 1.70. The molecule has 1 aliphatic rings. The number of carboxylic acids is 1. The van der Waals surface area contributed by atoms with Gasteiger partial charge in [-0.25, -0.2) is 9.18 Å². The number of hydrogen-bond donors (Lipinski definition) is 1. The molecular weight excluding hydrogens is 299 g/mol. The highest BCUT2D eigenvalue weighted by Gasteiger charge is 2.89. The molecule has 110 valence electrons. The number of aliphatic carboxylic acids is 1. The van der Waals surface area contributed by atoms with Gasteiger partial charge in [0.2, 0.25) is 5.67 Å². The van der Waals surface area contributed by atoms with Gasteiger partial charge in [-0.1, -0.05) is 0 Å². The summed E-state index contributed by atoms with van der Waals surface area (Å²) in [7, 11) is 0. The Morgan fingerprint density at radius 2 is 1.32 bits per heavy atom. The van der Waals surface area contributed by atoms with E-state index in [1.54, 1.807) is 0 Å². The zero-order valence-corrected chi connectivity index (χ0v) is 8.46. The van der Waals surface area contributed by atoms with E-state index >= 15 is 0 Å². The van der Waals surface area contributed by atoms with Gasteiger partial charge >= 0.3 is 23.7 Å². The molecule has 1 saturated carbocycles. The lowest BCUT2D eigenvalue weighted by molar-refractivity contribution is -0.284. The number of carbonyl (C=O) groups is 1.